The number of Topliss-reactive ketones (excluding diaryl/α,β-unsaturated/α-hetero) is 1. The fraction of sp³-hybridized carbons (Fsp3) is 0.0714. The van der Waals surface area contributed by atoms with E-state index in [1.165, 1.54) is 23.5 Å². The summed E-state index contributed by atoms with van der Waals surface area (Å²) in [6, 6.07) is 9.79. The van der Waals surface area contributed by atoms with Crippen LogP contribution in [0.25, 0.3) is 10.9 Å². The second kappa shape index (κ2) is 5.31. The number of nitrogens with zero attached hydrogens (tertiary/aromatic N) is 2. The van der Waals surface area contributed by atoms with Crippen molar-refractivity contribution in [3.63, 3.8) is 0 Å². The number of carbonyl (C=O) groups is 1. The molecule has 2 aromatic heterocycles. The molecule has 0 fully saturated rings. The van der Waals surface area contributed by atoms with Crippen LogP contribution in [0.15, 0.2) is 42.6 Å². The Hall–Kier alpha value is -2.18. The minimum absolute atomic E-state index is 0.00840. The Morgan fingerprint density at radius 3 is 2.76 bits per heavy atom. The number of non-ortho nitro benzene ring substituents is 1. The largest absolute Gasteiger partial charge is 0.339 e. The fourth-order valence-electron chi connectivity index (χ4n) is 2.12. The first-order chi connectivity index (χ1) is 10.0. The molecule has 0 bridgehead atoms. The molecule has 1 aromatic carbocycles. The van der Waals surface area contributed by atoms with Crippen LogP contribution in [0.2, 0.25) is 4.34 Å². The lowest BCUT2D eigenvalue weighted by Crippen LogP contribution is -2.08. The standard InChI is InChI=1S/C14H9ClN2O3S/c15-14-4-3-13(21-14)12(18)8-16-6-5-9-1-2-10(17(19)20)7-11(9)16/h1-7H,8H2. The van der Waals surface area contributed by atoms with Gasteiger partial charge >= 0.3 is 0 Å². The van der Waals surface area contributed by atoms with Gasteiger partial charge in [0.15, 0.2) is 5.78 Å². The van der Waals surface area contributed by atoms with E-state index in [2.05, 4.69) is 0 Å². The summed E-state index contributed by atoms with van der Waals surface area (Å²) in [7, 11) is 0. The highest BCUT2D eigenvalue weighted by atomic mass is 35.5. The number of hydrogen-bond donors (Lipinski definition) is 0. The molecular weight excluding hydrogens is 312 g/mol. The maximum absolute atomic E-state index is 12.2. The molecule has 0 radical (unpaired) electrons. The van der Waals surface area contributed by atoms with Crippen LogP contribution >= 0.6 is 22.9 Å². The van der Waals surface area contributed by atoms with E-state index in [9.17, 15) is 14.9 Å². The molecule has 0 saturated carbocycles. The summed E-state index contributed by atoms with van der Waals surface area (Å²) in [6.07, 6.45) is 1.75. The number of nitro benzene ring substituents is 1. The van der Waals surface area contributed by atoms with E-state index in [1.54, 1.807) is 29.0 Å². The molecule has 0 aliphatic carbocycles. The number of thiophene rings is 1. The van der Waals surface area contributed by atoms with Gasteiger partial charge in [-0.2, -0.15) is 0 Å². The molecule has 0 unspecified atom stereocenters. The second-order valence-electron chi connectivity index (χ2n) is 4.47. The van der Waals surface area contributed by atoms with E-state index < -0.39 is 4.92 Å². The Labute approximate surface area is 128 Å². The Morgan fingerprint density at radius 1 is 1.29 bits per heavy atom. The van der Waals surface area contributed by atoms with Crippen molar-refractivity contribution in [3.05, 3.63) is 61.9 Å². The molecule has 2 heterocycles. The highest BCUT2D eigenvalue weighted by Crippen LogP contribution is 2.25. The summed E-state index contributed by atoms with van der Waals surface area (Å²) in [5.41, 5.74) is 0.675. The van der Waals surface area contributed by atoms with Crippen molar-refractivity contribution in [2.45, 2.75) is 6.54 Å². The van der Waals surface area contributed by atoms with Crippen LogP contribution in [-0.2, 0) is 6.54 Å². The lowest BCUT2D eigenvalue weighted by atomic mass is 10.2. The molecule has 106 valence electrons. The normalized spacial score (nSPS) is 10.9. The number of aromatic nitrogens is 1. The first-order valence-electron chi connectivity index (χ1n) is 6.06. The van der Waals surface area contributed by atoms with E-state index in [1.807, 2.05) is 6.07 Å². The number of rotatable bonds is 4. The van der Waals surface area contributed by atoms with Gasteiger partial charge in [-0.1, -0.05) is 11.6 Å². The number of ketones is 1. The summed E-state index contributed by atoms with van der Waals surface area (Å²) < 4.78 is 2.27. The molecule has 5 nitrogen and oxygen atoms in total. The van der Waals surface area contributed by atoms with E-state index in [4.69, 9.17) is 11.6 Å². The van der Waals surface area contributed by atoms with Crippen molar-refractivity contribution in [2.24, 2.45) is 0 Å². The zero-order valence-electron chi connectivity index (χ0n) is 10.7. The van der Waals surface area contributed by atoms with Gasteiger partial charge in [-0.05, 0) is 24.3 Å². The van der Waals surface area contributed by atoms with Gasteiger partial charge in [0, 0.05) is 23.7 Å². The van der Waals surface area contributed by atoms with Crippen molar-refractivity contribution in [3.8, 4) is 0 Å². The molecule has 0 N–H and O–H groups in total. The molecule has 0 atom stereocenters. The lowest BCUT2D eigenvalue weighted by molar-refractivity contribution is -0.384. The van der Waals surface area contributed by atoms with Crippen LogP contribution in [0, 0.1) is 10.1 Å². The summed E-state index contributed by atoms with van der Waals surface area (Å²) in [4.78, 5) is 23.2. The van der Waals surface area contributed by atoms with Gasteiger partial charge in [-0.25, -0.2) is 0 Å². The third-order valence-electron chi connectivity index (χ3n) is 3.13. The summed E-state index contributed by atoms with van der Waals surface area (Å²) >= 11 is 7.05. The zero-order valence-corrected chi connectivity index (χ0v) is 12.2. The fourth-order valence-corrected chi connectivity index (χ4v) is 3.09. The van der Waals surface area contributed by atoms with Crippen LogP contribution in [0.1, 0.15) is 9.67 Å². The van der Waals surface area contributed by atoms with Crippen molar-refractivity contribution in [1.82, 2.24) is 4.57 Å². The smallest absolute Gasteiger partial charge is 0.271 e. The highest BCUT2D eigenvalue weighted by molar-refractivity contribution is 7.18. The van der Waals surface area contributed by atoms with Gasteiger partial charge in [0.25, 0.3) is 5.69 Å². The van der Waals surface area contributed by atoms with Crippen LogP contribution in [-0.4, -0.2) is 15.3 Å². The Balaban J connectivity index is 1.95. The summed E-state index contributed by atoms with van der Waals surface area (Å²) in [5, 5.41) is 11.7. The van der Waals surface area contributed by atoms with Gasteiger partial charge in [-0.15, -0.1) is 11.3 Å². The third kappa shape index (κ3) is 2.68. The van der Waals surface area contributed by atoms with Crippen molar-refractivity contribution < 1.29 is 9.72 Å². The summed E-state index contributed by atoms with van der Waals surface area (Å²) in [6.45, 7) is 0.126. The van der Waals surface area contributed by atoms with Crippen LogP contribution in [0.3, 0.4) is 0 Å². The maximum atomic E-state index is 12.2. The molecule has 0 saturated heterocycles. The molecule has 3 aromatic rings. The zero-order chi connectivity index (χ0) is 15.0. The van der Waals surface area contributed by atoms with Crippen LogP contribution < -0.4 is 0 Å². The molecule has 0 aliphatic rings. The third-order valence-corrected chi connectivity index (χ3v) is 4.40. The number of nitro groups is 1. The number of fused-ring (bicyclic) bond motifs is 1. The quantitative estimate of drug-likeness (QED) is 0.412. The second-order valence-corrected chi connectivity index (χ2v) is 6.19. The van der Waals surface area contributed by atoms with E-state index in [-0.39, 0.29) is 18.0 Å². The van der Waals surface area contributed by atoms with Crippen LogP contribution in [0.5, 0.6) is 0 Å². The average molecular weight is 321 g/mol. The molecule has 3 rings (SSSR count). The molecule has 21 heavy (non-hydrogen) atoms. The SMILES string of the molecule is O=C(Cn1ccc2ccc([N+](=O)[O-])cc21)c1ccc(Cl)s1. The first kappa shape index (κ1) is 13.8. The van der Waals surface area contributed by atoms with Gasteiger partial charge in [0.2, 0.25) is 0 Å². The Bertz CT molecular complexity index is 853. The number of hydrogen-bond acceptors (Lipinski definition) is 4. The predicted molar refractivity (Wildman–Crippen MR) is 82.3 cm³/mol. The van der Waals surface area contributed by atoms with Gasteiger partial charge in [0.05, 0.1) is 26.2 Å². The maximum Gasteiger partial charge on any atom is 0.271 e. The minimum atomic E-state index is -0.447. The monoisotopic (exact) mass is 320 g/mol. The van der Waals surface area contributed by atoms with Crippen LogP contribution in [0.4, 0.5) is 5.69 Å². The topological polar surface area (TPSA) is 65.1 Å². The molecule has 0 spiro atoms. The van der Waals surface area contributed by atoms with Crippen molar-refractivity contribution in [1.29, 1.82) is 0 Å². The predicted octanol–water partition coefficient (Wildman–Crippen LogP) is 4.15. The molecule has 7 heteroatoms. The Morgan fingerprint density at radius 2 is 2.10 bits per heavy atom. The summed E-state index contributed by atoms with van der Waals surface area (Å²) in [5.74, 6) is -0.0732. The molecular formula is C14H9ClN2O3S. The van der Waals surface area contributed by atoms with Gasteiger partial charge in [-0.3, -0.25) is 14.9 Å². The molecule has 0 aliphatic heterocycles. The van der Waals surface area contributed by atoms with E-state index in [0.29, 0.717) is 14.7 Å². The van der Waals surface area contributed by atoms with Gasteiger partial charge in [0.1, 0.15) is 0 Å². The molecule has 0 amide bonds. The number of benzene rings is 1. The van der Waals surface area contributed by atoms with E-state index in [0.717, 1.165) is 5.39 Å². The number of halogens is 1. The van der Waals surface area contributed by atoms with E-state index >= 15 is 0 Å². The Kier molecular flexibility index (Phi) is 3.48. The lowest BCUT2D eigenvalue weighted by Gasteiger charge is -2.03. The number of carbonyl (C=O) groups excluding carboxylic acids is 1. The van der Waals surface area contributed by atoms with Crippen molar-refractivity contribution >= 4 is 45.3 Å². The van der Waals surface area contributed by atoms with Gasteiger partial charge < -0.3 is 4.57 Å². The minimum Gasteiger partial charge on any atom is -0.339 e. The average Bonchev–Trinajstić information content (AvgIpc) is 3.05. The van der Waals surface area contributed by atoms with Crippen molar-refractivity contribution in [2.75, 3.05) is 0 Å². The first-order valence-corrected chi connectivity index (χ1v) is 7.26. The highest BCUT2D eigenvalue weighted by Gasteiger charge is 2.13.